The third-order valence-electron chi connectivity index (χ3n) is 5.25. The number of carbonyl (C=O) groups excluding carboxylic acids is 3. The molecule has 0 aliphatic rings. The van der Waals surface area contributed by atoms with Crippen LogP contribution in [0.1, 0.15) is 45.1 Å². The third-order valence-corrected chi connectivity index (χ3v) is 5.25. The van der Waals surface area contributed by atoms with E-state index in [-0.39, 0.29) is 25.2 Å². The monoisotopic (exact) mass is 522 g/mol. The lowest BCUT2D eigenvalue weighted by atomic mass is 10.0. The zero-order valence-corrected chi connectivity index (χ0v) is 20.7. The van der Waals surface area contributed by atoms with Gasteiger partial charge in [-0.15, -0.1) is 0 Å². The summed E-state index contributed by atoms with van der Waals surface area (Å²) in [6.45, 7) is 3.55. The van der Waals surface area contributed by atoms with Gasteiger partial charge in [-0.2, -0.15) is 0 Å². The van der Waals surface area contributed by atoms with Crippen molar-refractivity contribution >= 4 is 35.6 Å². The summed E-state index contributed by atoms with van der Waals surface area (Å²) >= 11 is 0. The molecule has 3 amide bonds. The molecule has 0 fully saturated rings. The van der Waals surface area contributed by atoms with Crippen molar-refractivity contribution in [2.24, 2.45) is 11.7 Å². The molecule has 8 N–H and O–H groups in total. The zero-order chi connectivity index (χ0) is 28.1. The number of carboxylic acid groups (broad SMARTS) is 3. The fourth-order valence-electron chi connectivity index (χ4n) is 3.39. The SMILES string of the molecule is CC(C)CC(NC(=O)C(CCC(=O)O)NC(=O)C(N)CC(=O)O)C(=O)NC(Cc1ccccc1)C(=O)O. The van der Waals surface area contributed by atoms with Crippen molar-refractivity contribution in [1.29, 1.82) is 0 Å². The summed E-state index contributed by atoms with van der Waals surface area (Å²) in [7, 11) is 0. The minimum atomic E-state index is -1.48. The zero-order valence-electron chi connectivity index (χ0n) is 20.7. The number of hydrogen-bond donors (Lipinski definition) is 7. The number of rotatable bonds is 16. The van der Waals surface area contributed by atoms with Crippen molar-refractivity contribution in [3.05, 3.63) is 35.9 Å². The second kappa shape index (κ2) is 15.2. The molecular weight excluding hydrogens is 488 g/mol. The summed E-state index contributed by atoms with van der Waals surface area (Å²) in [6.07, 6.45) is -1.45. The summed E-state index contributed by atoms with van der Waals surface area (Å²) in [5, 5.41) is 34.5. The molecule has 0 saturated heterocycles. The number of nitrogens with two attached hydrogens (primary N) is 1. The van der Waals surface area contributed by atoms with E-state index in [1.165, 1.54) is 0 Å². The predicted octanol–water partition coefficient (Wildman–Crippen LogP) is -0.519. The molecule has 1 aromatic rings. The van der Waals surface area contributed by atoms with Gasteiger partial charge in [0.15, 0.2) is 0 Å². The summed E-state index contributed by atoms with van der Waals surface area (Å²) in [5.74, 6) is -6.61. The molecule has 4 atom stereocenters. The van der Waals surface area contributed by atoms with Crippen LogP contribution in [0.4, 0.5) is 0 Å². The van der Waals surface area contributed by atoms with Gasteiger partial charge in [-0.05, 0) is 24.3 Å². The van der Waals surface area contributed by atoms with Crippen LogP contribution in [0.25, 0.3) is 0 Å². The van der Waals surface area contributed by atoms with Crippen LogP contribution in [0, 0.1) is 5.92 Å². The highest BCUT2D eigenvalue weighted by Crippen LogP contribution is 2.09. The van der Waals surface area contributed by atoms with E-state index in [0.717, 1.165) is 0 Å². The molecule has 13 heteroatoms. The average molecular weight is 523 g/mol. The summed E-state index contributed by atoms with van der Waals surface area (Å²) < 4.78 is 0. The number of carbonyl (C=O) groups is 6. The van der Waals surface area contributed by atoms with Gasteiger partial charge < -0.3 is 37.0 Å². The maximum Gasteiger partial charge on any atom is 0.326 e. The number of benzene rings is 1. The largest absolute Gasteiger partial charge is 0.481 e. The first-order valence-corrected chi connectivity index (χ1v) is 11.7. The van der Waals surface area contributed by atoms with Crippen LogP contribution >= 0.6 is 0 Å². The van der Waals surface area contributed by atoms with E-state index in [2.05, 4.69) is 16.0 Å². The highest BCUT2D eigenvalue weighted by molar-refractivity contribution is 5.95. The Morgan fingerprint density at radius 3 is 1.84 bits per heavy atom. The number of hydrogen-bond acceptors (Lipinski definition) is 7. The third kappa shape index (κ3) is 12.0. The predicted molar refractivity (Wildman–Crippen MR) is 130 cm³/mol. The Bertz CT molecular complexity index is 968. The fraction of sp³-hybridized carbons (Fsp3) is 0.500. The lowest BCUT2D eigenvalue weighted by Crippen LogP contribution is -2.57. The molecule has 1 aromatic carbocycles. The summed E-state index contributed by atoms with van der Waals surface area (Å²) in [6, 6.07) is 3.25. The molecule has 4 unspecified atom stereocenters. The second-order valence-corrected chi connectivity index (χ2v) is 8.98. The molecule has 0 aliphatic carbocycles. The number of carboxylic acids is 3. The van der Waals surface area contributed by atoms with Gasteiger partial charge in [0.2, 0.25) is 17.7 Å². The smallest absolute Gasteiger partial charge is 0.326 e. The molecular formula is C24H34N4O9. The van der Waals surface area contributed by atoms with E-state index in [4.69, 9.17) is 15.9 Å². The molecule has 0 spiro atoms. The second-order valence-electron chi connectivity index (χ2n) is 8.98. The van der Waals surface area contributed by atoms with Crippen LogP contribution in [-0.2, 0) is 35.2 Å². The van der Waals surface area contributed by atoms with Gasteiger partial charge >= 0.3 is 17.9 Å². The van der Waals surface area contributed by atoms with Crippen molar-refractivity contribution in [1.82, 2.24) is 16.0 Å². The van der Waals surface area contributed by atoms with Crippen molar-refractivity contribution in [3.8, 4) is 0 Å². The van der Waals surface area contributed by atoms with E-state index in [1.54, 1.807) is 44.2 Å². The van der Waals surface area contributed by atoms with Crippen molar-refractivity contribution in [2.75, 3.05) is 0 Å². The highest BCUT2D eigenvalue weighted by atomic mass is 16.4. The minimum absolute atomic E-state index is 0.00299. The normalized spacial score (nSPS) is 14.1. The van der Waals surface area contributed by atoms with Crippen LogP contribution < -0.4 is 21.7 Å². The minimum Gasteiger partial charge on any atom is -0.481 e. The average Bonchev–Trinajstić information content (AvgIpc) is 2.80. The van der Waals surface area contributed by atoms with Crippen LogP contribution in [0.2, 0.25) is 0 Å². The molecule has 0 heterocycles. The molecule has 0 aromatic heterocycles. The standard InChI is InChI=1S/C24H34N4O9/c1-13(2)10-17(23(35)28-18(24(36)37)11-14-6-4-3-5-7-14)27-22(34)16(8-9-19(29)30)26-21(33)15(25)12-20(31)32/h3-7,13,15-18H,8-12,25H2,1-2H3,(H,26,33)(H,27,34)(H,28,35)(H,29,30)(H,31,32)(H,36,37). The number of aliphatic carboxylic acids is 3. The molecule has 0 bridgehead atoms. The Morgan fingerprint density at radius 1 is 0.784 bits per heavy atom. The van der Waals surface area contributed by atoms with Crippen molar-refractivity contribution in [2.45, 2.75) is 70.1 Å². The topological polar surface area (TPSA) is 225 Å². The summed E-state index contributed by atoms with van der Waals surface area (Å²) in [5.41, 5.74) is 6.20. The van der Waals surface area contributed by atoms with Gasteiger partial charge in [-0.1, -0.05) is 44.2 Å². The number of nitrogens with one attached hydrogen (secondary N) is 3. The van der Waals surface area contributed by atoms with Crippen LogP contribution in [0.5, 0.6) is 0 Å². The molecule has 1 rings (SSSR count). The van der Waals surface area contributed by atoms with Crippen molar-refractivity contribution in [3.63, 3.8) is 0 Å². The molecule has 0 aliphatic heterocycles. The lowest BCUT2D eigenvalue weighted by Gasteiger charge is -2.26. The maximum atomic E-state index is 13.0. The Balaban J connectivity index is 3.03. The van der Waals surface area contributed by atoms with Gasteiger partial charge in [0.1, 0.15) is 18.1 Å². The Kier molecular flexibility index (Phi) is 12.7. The first-order valence-electron chi connectivity index (χ1n) is 11.7. The fourth-order valence-corrected chi connectivity index (χ4v) is 3.39. The van der Waals surface area contributed by atoms with Gasteiger partial charge in [0.25, 0.3) is 0 Å². The van der Waals surface area contributed by atoms with E-state index in [9.17, 15) is 33.9 Å². The molecule has 204 valence electrons. The molecule has 0 radical (unpaired) electrons. The first-order chi connectivity index (χ1) is 17.3. The van der Waals surface area contributed by atoms with E-state index in [0.29, 0.717) is 5.56 Å². The Morgan fingerprint density at radius 2 is 1.32 bits per heavy atom. The lowest BCUT2D eigenvalue weighted by molar-refractivity contribution is -0.142. The van der Waals surface area contributed by atoms with Crippen LogP contribution in [-0.4, -0.2) is 75.1 Å². The van der Waals surface area contributed by atoms with Gasteiger partial charge in [0.05, 0.1) is 12.5 Å². The highest BCUT2D eigenvalue weighted by Gasteiger charge is 2.31. The van der Waals surface area contributed by atoms with Crippen LogP contribution in [0.15, 0.2) is 30.3 Å². The Hall–Kier alpha value is -4.00. The Labute approximate surface area is 213 Å². The quantitative estimate of drug-likeness (QED) is 0.147. The van der Waals surface area contributed by atoms with E-state index >= 15 is 0 Å². The summed E-state index contributed by atoms with van der Waals surface area (Å²) in [4.78, 5) is 71.9. The molecule has 37 heavy (non-hydrogen) atoms. The van der Waals surface area contributed by atoms with Gasteiger partial charge in [-0.3, -0.25) is 24.0 Å². The first kappa shape index (κ1) is 31.0. The van der Waals surface area contributed by atoms with Crippen molar-refractivity contribution < 1.29 is 44.1 Å². The maximum absolute atomic E-state index is 13.0. The van der Waals surface area contributed by atoms with E-state index in [1.807, 2.05) is 0 Å². The molecule has 13 nitrogen and oxygen atoms in total. The van der Waals surface area contributed by atoms with E-state index < -0.39 is 72.6 Å². The van der Waals surface area contributed by atoms with Gasteiger partial charge in [0, 0.05) is 12.8 Å². The number of amides is 3. The molecule has 0 saturated carbocycles. The van der Waals surface area contributed by atoms with Crippen LogP contribution in [0.3, 0.4) is 0 Å². The van der Waals surface area contributed by atoms with Gasteiger partial charge in [-0.25, -0.2) is 4.79 Å².